The van der Waals surface area contributed by atoms with E-state index in [2.05, 4.69) is 4.98 Å². The van der Waals surface area contributed by atoms with Gasteiger partial charge in [-0.2, -0.15) is 0 Å². The molecule has 1 N–H and O–H groups in total. The van der Waals surface area contributed by atoms with Gasteiger partial charge in [0.25, 0.3) is 0 Å². The number of hydrogen-bond donors (Lipinski definition) is 1. The summed E-state index contributed by atoms with van der Waals surface area (Å²) in [5.74, 6) is 0.767. The molecule has 74 valence electrons. The highest BCUT2D eigenvalue weighted by Gasteiger charge is 2.21. The molecule has 0 aromatic carbocycles. The van der Waals surface area contributed by atoms with E-state index in [-0.39, 0.29) is 11.7 Å². The number of hydrogen-bond acceptors (Lipinski definition) is 3. The van der Waals surface area contributed by atoms with Crippen molar-refractivity contribution in [3.63, 3.8) is 0 Å². The Morgan fingerprint density at radius 2 is 2.29 bits per heavy atom. The monoisotopic (exact) mass is 191 g/mol. The first-order valence-electron chi connectivity index (χ1n) is 4.92. The largest absolute Gasteiger partial charge is 0.506 e. The number of nitrogens with zero attached hydrogens (tertiary/aromatic N) is 1. The van der Waals surface area contributed by atoms with E-state index >= 15 is 0 Å². The second kappa shape index (κ2) is 3.78. The van der Waals surface area contributed by atoms with Crippen molar-refractivity contribution in [2.75, 3.05) is 0 Å². The first kappa shape index (κ1) is 9.19. The van der Waals surface area contributed by atoms with Gasteiger partial charge in [-0.1, -0.05) is 0 Å². The second-order valence-electron chi connectivity index (χ2n) is 3.77. The van der Waals surface area contributed by atoms with Crippen molar-refractivity contribution >= 4 is 5.78 Å². The summed E-state index contributed by atoms with van der Waals surface area (Å²) in [5, 5.41) is 9.08. The summed E-state index contributed by atoms with van der Waals surface area (Å²) in [4.78, 5) is 15.4. The zero-order valence-corrected chi connectivity index (χ0v) is 7.94. The fourth-order valence-electron chi connectivity index (χ4n) is 1.92. The van der Waals surface area contributed by atoms with Crippen LogP contribution in [0, 0.1) is 0 Å². The second-order valence-corrected chi connectivity index (χ2v) is 3.77. The van der Waals surface area contributed by atoms with Crippen molar-refractivity contribution in [2.24, 2.45) is 0 Å². The number of aromatic hydroxyl groups is 1. The van der Waals surface area contributed by atoms with E-state index < -0.39 is 0 Å². The number of Topliss-reactive ketones (excluding diaryl/α,β-unsaturated/α-hetero) is 1. The Bertz CT molecular complexity index is 332. The van der Waals surface area contributed by atoms with Gasteiger partial charge in [0.2, 0.25) is 0 Å². The molecule has 2 rings (SSSR count). The molecule has 1 fully saturated rings. The summed E-state index contributed by atoms with van der Waals surface area (Å²) < 4.78 is 0. The number of pyridine rings is 1. The molecule has 1 saturated carbocycles. The average molecular weight is 191 g/mol. The standard InChI is InChI=1S/C11H13NO2/c13-9-3-1-2-8(6-9)11-5-4-10(14)7-12-11/h4-5,7-8,14H,1-3,6H2. The molecule has 0 bridgehead atoms. The minimum absolute atomic E-state index is 0.177. The lowest BCUT2D eigenvalue weighted by Gasteiger charge is -2.19. The van der Waals surface area contributed by atoms with E-state index in [1.807, 2.05) is 0 Å². The zero-order valence-electron chi connectivity index (χ0n) is 7.94. The molecule has 1 heterocycles. The van der Waals surface area contributed by atoms with Gasteiger partial charge in [-0.3, -0.25) is 9.78 Å². The molecule has 3 nitrogen and oxygen atoms in total. The predicted molar refractivity (Wildman–Crippen MR) is 52.1 cm³/mol. The van der Waals surface area contributed by atoms with E-state index in [1.165, 1.54) is 6.20 Å². The van der Waals surface area contributed by atoms with Crippen molar-refractivity contribution in [1.29, 1.82) is 0 Å². The van der Waals surface area contributed by atoms with Gasteiger partial charge in [-0.15, -0.1) is 0 Å². The third kappa shape index (κ3) is 1.92. The summed E-state index contributed by atoms with van der Waals surface area (Å²) >= 11 is 0. The van der Waals surface area contributed by atoms with E-state index in [9.17, 15) is 4.79 Å². The molecule has 0 amide bonds. The molecule has 1 unspecified atom stereocenters. The Hall–Kier alpha value is -1.38. The molecule has 1 aromatic heterocycles. The first-order valence-corrected chi connectivity index (χ1v) is 4.92. The third-order valence-electron chi connectivity index (χ3n) is 2.67. The van der Waals surface area contributed by atoms with Crippen LogP contribution in [0.15, 0.2) is 18.3 Å². The van der Waals surface area contributed by atoms with Crippen LogP contribution in [0.25, 0.3) is 0 Å². The van der Waals surface area contributed by atoms with Gasteiger partial charge in [0.1, 0.15) is 11.5 Å². The van der Waals surface area contributed by atoms with Crippen molar-refractivity contribution < 1.29 is 9.90 Å². The third-order valence-corrected chi connectivity index (χ3v) is 2.67. The highest BCUT2D eigenvalue weighted by atomic mass is 16.3. The molecule has 0 aliphatic heterocycles. The van der Waals surface area contributed by atoms with Crippen molar-refractivity contribution in [1.82, 2.24) is 4.98 Å². The Morgan fingerprint density at radius 1 is 1.43 bits per heavy atom. The molecular weight excluding hydrogens is 178 g/mol. The van der Waals surface area contributed by atoms with Gasteiger partial charge in [0.15, 0.2) is 0 Å². The maximum Gasteiger partial charge on any atom is 0.133 e. The molecular formula is C11H13NO2. The van der Waals surface area contributed by atoms with Crippen molar-refractivity contribution in [3.8, 4) is 5.75 Å². The van der Waals surface area contributed by atoms with Gasteiger partial charge >= 0.3 is 0 Å². The molecule has 1 atom stereocenters. The van der Waals surface area contributed by atoms with E-state index in [1.54, 1.807) is 12.1 Å². The highest BCUT2D eigenvalue weighted by Crippen LogP contribution is 2.29. The maximum atomic E-state index is 11.2. The summed E-state index contributed by atoms with van der Waals surface area (Å²) in [5.41, 5.74) is 0.927. The smallest absolute Gasteiger partial charge is 0.133 e. The SMILES string of the molecule is O=C1CCCC(c2ccc(O)cn2)C1. The number of ketones is 1. The number of carbonyl (C=O) groups excluding carboxylic acids is 1. The van der Waals surface area contributed by atoms with Crippen LogP contribution in [-0.2, 0) is 4.79 Å². The van der Waals surface area contributed by atoms with Gasteiger partial charge in [-0.25, -0.2) is 0 Å². The van der Waals surface area contributed by atoms with E-state index in [4.69, 9.17) is 5.11 Å². The van der Waals surface area contributed by atoms with Crippen LogP contribution in [0.4, 0.5) is 0 Å². The Morgan fingerprint density at radius 3 is 2.93 bits per heavy atom. The topological polar surface area (TPSA) is 50.2 Å². The van der Waals surface area contributed by atoms with Gasteiger partial charge in [0.05, 0.1) is 6.20 Å². The number of aromatic nitrogens is 1. The lowest BCUT2D eigenvalue weighted by Crippen LogP contribution is -2.14. The van der Waals surface area contributed by atoms with Gasteiger partial charge < -0.3 is 5.11 Å². The lowest BCUT2D eigenvalue weighted by molar-refractivity contribution is -0.120. The van der Waals surface area contributed by atoms with Crippen LogP contribution in [-0.4, -0.2) is 15.9 Å². The minimum Gasteiger partial charge on any atom is -0.506 e. The predicted octanol–water partition coefficient (Wildman–Crippen LogP) is 2.01. The van der Waals surface area contributed by atoms with E-state index in [0.717, 1.165) is 18.5 Å². The molecule has 0 saturated heterocycles. The van der Waals surface area contributed by atoms with Crippen LogP contribution in [0.2, 0.25) is 0 Å². The summed E-state index contributed by atoms with van der Waals surface area (Å²) in [6.07, 6.45) is 4.76. The molecule has 0 radical (unpaired) electrons. The average Bonchev–Trinajstić information content (AvgIpc) is 2.19. The van der Waals surface area contributed by atoms with E-state index in [0.29, 0.717) is 18.6 Å². The zero-order chi connectivity index (χ0) is 9.97. The fourth-order valence-corrected chi connectivity index (χ4v) is 1.92. The van der Waals surface area contributed by atoms with Crippen molar-refractivity contribution in [3.05, 3.63) is 24.0 Å². The maximum absolute atomic E-state index is 11.2. The summed E-state index contributed by atoms with van der Waals surface area (Å²) in [7, 11) is 0. The molecule has 1 aliphatic rings. The van der Waals surface area contributed by atoms with Crippen LogP contribution in [0.1, 0.15) is 37.3 Å². The highest BCUT2D eigenvalue weighted by molar-refractivity contribution is 5.79. The quantitative estimate of drug-likeness (QED) is 0.738. The van der Waals surface area contributed by atoms with Crippen LogP contribution in [0.5, 0.6) is 5.75 Å². The van der Waals surface area contributed by atoms with Crippen molar-refractivity contribution in [2.45, 2.75) is 31.6 Å². The molecule has 0 spiro atoms. The first-order chi connectivity index (χ1) is 6.75. The molecule has 3 heteroatoms. The lowest BCUT2D eigenvalue weighted by atomic mass is 9.86. The van der Waals surface area contributed by atoms with Crippen LogP contribution >= 0.6 is 0 Å². The minimum atomic E-state index is 0.177. The fraction of sp³-hybridized carbons (Fsp3) is 0.455. The summed E-state index contributed by atoms with van der Waals surface area (Å²) in [6.45, 7) is 0. The Balaban J connectivity index is 2.14. The summed E-state index contributed by atoms with van der Waals surface area (Å²) in [6, 6.07) is 3.43. The van der Waals surface area contributed by atoms with Gasteiger partial charge in [-0.05, 0) is 25.0 Å². The number of carbonyl (C=O) groups is 1. The number of rotatable bonds is 1. The van der Waals surface area contributed by atoms with Crippen LogP contribution < -0.4 is 0 Å². The molecule has 1 aromatic rings. The molecule has 1 aliphatic carbocycles. The molecule has 14 heavy (non-hydrogen) atoms. The normalized spacial score (nSPS) is 22.3. The van der Waals surface area contributed by atoms with Gasteiger partial charge in [0, 0.05) is 24.5 Å². The Kier molecular flexibility index (Phi) is 2.48. The Labute approximate surface area is 82.8 Å². The van der Waals surface area contributed by atoms with Crippen LogP contribution in [0.3, 0.4) is 0 Å².